The summed E-state index contributed by atoms with van der Waals surface area (Å²) in [6.07, 6.45) is 1.000. The van der Waals surface area contributed by atoms with Crippen LogP contribution in [0.25, 0.3) is 0 Å². The maximum absolute atomic E-state index is 13.6. The highest BCUT2D eigenvalue weighted by atomic mass is 19.1. The van der Waals surface area contributed by atoms with E-state index in [9.17, 15) is 4.39 Å². The summed E-state index contributed by atoms with van der Waals surface area (Å²) in [5.74, 6) is -0.0282. The molecular weight excluding hydrogens is 263 g/mol. The molecule has 20 heavy (non-hydrogen) atoms. The third-order valence-electron chi connectivity index (χ3n) is 2.39. The maximum atomic E-state index is 13.6. The van der Waals surface area contributed by atoms with Gasteiger partial charge in [0.2, 0.25) is 11.8 Å². The molecule has 1 aromatic heterocycles. The fraction of sp³-hybridized carbons (Fsp3) is 0.154. The largest absolute Gasteiger partial charge is 0.497 e. The Labute approximate surface area is 114 Å². The number of hydrogen-bond donors (Lipinski definition) is 1. The van der Waals surface area contributed by atoms with Crippen LogP contribution in [0, 0.1) is 17.1 Å². The van der Waals surface area contributed by atoms with Crippen LogP contribution in [0.5, 0.6) is 17.4 Å². The topological polar surface area (TPSA) is 80.1 Å². The van der Waals surface area contributed by atoms with Crippen LogP contribution >= 0.6 is 0 Å². The summed E-state index contributed by atoms with van der Waals surface area (Å²) in [6.45, 7) is 0. The number of rotatable bonds is 4. The quantitative estimate of drug-likeness (QED) is 0.921. The van der Waals surface area contributed by atoms with Gasteiger partial charge in [-0.3, -0.25) is 0 Å². The minimum Gasteiger partial charge on any atom is -0.497 e. The maximum Gasteiger partial charge on any atom is 0.260 e. The molecule has 0 saturated carbocycles. The second-order valence-corrected chi connectivity index (χ2v) is 3.71. The SMILES string of the molecule is CNc1ncc(F)c(Oc2cc(C#N)cc(OC)c2)n1. The lowest BCUT2D eigenvalue weighted by atomic mass is 10.2. The Morgan fingerprint density at radius 3 is 2.70 bits per heavy atom. The monoisotopic (exact) mass is 274 g/mol. The Kier molecular flexibility index (Phi) is 3.96. The van der Waals surface area contributed by atoms with Crippen molar-refractivity contribution in [3.8, 4) is 23.4 Å². The molecule has 1 N–H and O–H groups in total. The molecule has 1 aromatic carbocycles. The number of nitriles is 1. The van der Waals surface area contributed by atoms with Crippen molar-refractivity contribution in [2.75, 3.05) is 19.5 Å². The molecule has 0 amide bonds. The van der Waals surface area contributed by atoms with Crippen molar-refractivity contribution in [2.45, 2.75) is 0 Å². The lowest BCUT2D eigenvalue weighted by Gasteiger charge is -2.08. The highest BCUT2D eigenvalue weighted by Gasteiger charge is 2.10. The highest BCUT2D eigenvalue weighted by molar-refractivity contribution is 5.45. The summed E-state index contributed by atoms with van der Waals surface area (Å²) >= 11 is 0. The predicted octanol–water partition coefficient (Wildman–Crippen LogP) is 2.33. The molecule has 2 rings (SSSR count). The second-order valence-electron chi connectivity index (χ2n) is 3.71. The second kappa shape index (κ2) is 5.84. The summed E-state index contributed by atoms with van der Waals surface area (Å²) in [4.78, 5) is 7.57. The van der Waals surface area contributed by atoms with E-state index in [2.05, 4.69) is 15.3 Å². The van der Waals surface area contributed by atoms with E-state index >= 15 is 0 Å². The molecule has 0 aliphatic heterocycles. The first-order valence-electron chi connectivity index (χ1n) is 5.63. The normalized spacial score (nSPS) is 9.70. The molecule has 2 aromatic rings. The number of anilines is 1. The van der Waals surface area contributed by atoms with Crippen molar-refractivity contribution >= 4 is 5.95 Å². The first-order chi connectivity index (χ1) is 9.66. The fourth-order valence-corrected chi connectivity index (χ4v) is 1.47. The minimum atomic E-state index is -0.703. The number of hydrogen-bond acceptors (Lipinski definition) is 6. The Morgan fingerprint density at radius 1 is 1.30 bits per heavy atom. The van der Waals surface area contributed by atoms with E-state index in [1.807, 2.05) is 6.07 Å². The molecular formula is C13H11FN4O2. The van der Waals surface area contributed by atoms with Crippen molar-refractivity contribution < 1.29 is 13.9 Å². The zero-order valence-electron chi connectivity index (χ0n) is 10.8. The van der Waals surface area contributed by atoms with Gasteiger partial charge >= 0.3 is 0 Å². The summed E-state index contributed by atoms with van der Waals surface area (Å²) in [5, 5.41) is 11.6. The molecule has 102 valence electrons. The molecule has 0 fully saturated rings. The Hall–Kier alpha value is -2.88. The van der Waals surface area contributed by atoms with Gasteiger partial charge in [-0.25, -0.2) is 4.98 Å². The van der Waals surface area contributed by atoms with Crippen molar-refractivity contribution in [3.63, 3.8) is 0 Å². The van der Waals surface area contributed by atoms with Gasteiger partial charge in [0.05, 0.1) is 24.9 Å². The van der Waals surface area contributed by atoms with Crippen LogP contribution in [0.2, 0.25) is 0 Å². The van der Waals surface area contributed by atoms with Crippen LogP contribution in [-0.2, 0) is 0 Å². The molecule has 0 aliphatic carbocycles. The number of methoxy groups -OCH3 is 1. The van der Waals surface area contributed by atoms with Gasteiger partial charge in [0.1, 0.15) is 11.5 Å². The van der Waals surface area contributed by atoms with Gasteiger partial charge in [-0.2, -0.15) is 14.6 Å². The van der Waals surface area contributed by atoms with Crippen molar-refractivity contribution in [3.05, 3.63) is 35.8 Å². The Bertz CT molecular complexity index is 670. The van der Waals surface area contributed by atoms with Crippen molar-refractivity contribution in [1.29, 1.82) is 5.26 Å². The number of ether oxygens (including phenoxy) is 2. The number of nitrogens with one attached hydrogen (secondary N) is 1. The lowest BCUT2D eigenvalue weighted by Crippen LogP contribution is -2.00. The van der Waals surface area contributed by atoms with E-state index in [1.54, 1.807) is 13.1 Å². The summed E-state index contributed by atoms with van der Waals surface area (Å²) in [6, 6.07) is 6.50. The molecule has 6 nitrogen and oxygen atoms in total. The van der Waals surface area contributed by atoms with Crippen LogP contribution in [0.15, 0.2) is 24.4 Å². The standard InChI is InChI=1S/C13H11FN4O2/c1-16-13-17-7-11(14)12(18-13)20-10-4-8(6-15)3-9(5-10)19-2/h3-5,7H,1-2H3,(H,16,17,18). The molecule has 0 atom stereocenters. The average Bonchev–Trinajstić information content (AvgIpc) is 2.49. The lowest BCUT2D eigenvalue weighted by molar-refractivity contribution is 0.399. The molecule has 7 heteroatoms. The summed E-state index contributed by atoms with van der Waals surface area (Å²) < 4.78 is 24.0. The van der Waals surface area contributed by atoms with Crippen molar-refractivity contribution in [2.24, 2.45) is 0 Å². The number of nitrogens with zero attached hydrogens (tertiary/aromatic N) is 3. The number of benzene rings is 1. The minimum absolute atomic E-state index is 0.227. The van der Waals surface area contributed by atoms with Gasteiger partial charge in [0.15, 0.2) is 0 Å². The Morgan fingerprint density at radius 2 is 2.05 bits per heavy atom. The average molecular weight is 274 g/mol. The van der Waals surface area contributed by atoms with Gasteiger partial charge < -0.3 is 14.8 Å². The zero-order chi connectivity index (χ0) is 14.5. The predicted molar refractivity (Wildman–Crippen MR) is 69.3 cm³/mol. The third kappa shape index (κ3) is 2.92. The molecule has 0 radical (unpaired) electrons. The van der Waals surface area contributed by atoms with Crippen LogP contribution in [0.1, 0.15) is 5.56 Å². The molecule has 0 bridgehead atoms. The summed E-state index contributed by atoms with van der Waals surface area (Å²) in [5.41, 5.74) is 0.336. The van der Waals surface area contributed by atoms with Gasteiger partial charge in [-0.1, -0.05) is 0 Å². The first kappa shape index (κ1) is 13.5. The van der Waals surface area contributed by atoms with E-state index in [0.29, 0.717) is 11.3 Å². The van der Waals surface area contributed by atoms with Crippen LogP contribution in [-0.4, -0.2) is 24.1 Å². The first-order valence-corrected chi connectivity index (χ1v) is 5.63. The van der Waals surface area contributed by atoms with E-state index in [4.69, 9.17) is 14.7 Å². The molecule has 0 spiro atoms. The highest BCUT2D eigenvalue weighted by Crippen LogP contribution is 2.27. The smallest absolute Gasteiger partial charge is 0.260 e. The van der Waals surface area contributed by atoms with Crippen LogP contribution < -0.4 is 14.8 Å². The Balaban J connectivity index is 2.37. The third-order valence-corrected chi connectivity index (χ3v) is 2.39. The molecule has 0 unspecified atom stereocenters. The van der Waals surface area contributed by atoms with Gasteiger partial charge in [-0.15, -0.1) is 0 Å². The van der Waals surface area contributed by atoms with Gasteiger partial charge in [-0.05, 0) is 12.1 Å². The van der Waals surface area contributed by atoms with E-state index in [-0.39, 0.29) is 17.6 Å². The number of halogens is 1. The molecule has 1 heterocycles. The van der Waals surface area contributed by atoms with Crippen LogP contribution in [0.4, 0.5) is 10.3 Å². The molecule has 0 saturated heterocycles. The fourth-order valence-electron chi connectivity index (χ4n) is 1.47. The van der Waals surface area contributed by atoms with Crippen LogP contribution in [0.3, 0.4) is 0 Å². The van der Waals surface area contributed by atoms with Crippen molar-refractivity contribution in [1.82, 2.24) is 9.97 Å². The van der Waals surface area contributed by atoms with E-state index in [1.165, 1.54) is 19.2 Å². The zero-order valence-corrected chi connectivity index (χ0v) is 10.8. The van der Waals surface area contributed by atoms with E-state index < -0.39 is 5.82 Å². The summed E-state index contributed by atoms with van der Waals surface area (Å²) in [7, 11) is 3.07. The van der Waals surface area contributed by atoms with Gasteiger partial charge in [0.25, 0.3) is 5.88 Å². The molecule has 0 aliphatic rings. The van der Waals surface area contributed by atoms with Gasteiger partial charge in [0, 0.05) is 13.1 Å². The van der Waals surface area contributed by atoms with E-state index in [0.717, 1.165) is 6.20 Å². The number of aromatic nitrogens is 2.